The van der Waals surface area contributed by atoms with Crippen LogP contribution in [0.15, 0.2) is 24.3 Å². The van der Waals surface area contributed by atoms with Crippen molar-refractivity contribution in [3.63, 3.8) is 0 Å². The van der Waals surface area contributed by atoms with E-state index < -0.39 is 17.8 Å². The Kier molecular flexibility index (Phi) is 6.52. The quantitative estimate of drug-likeness (QED) is 0.787. The molecule has 2 saturated heterocycles. The van der Waals surface area contributed by atoms with Crippen LogP contribution in [-0.2, 0) is 9.59 Å². The van der Waals surface area contributed by atoms with Crippen molar-refractivity contribution in [2.75, 3.05) is 32.7 Å². The Hall–Kier alpha value is -2.48. The minimum absolute atomic E-state index is 0.0350. The maximum absolute atomic E-state index is 13.6. The molecular formula is C21H28FN3O4. The van der Waals surface area contributed by atoms with Crippen molar-refractivity contribution in [2.45, 2.75) is 38.7 Å². The van der Waals surface area contributed by atoms with E-state index >= 15 is 0 Å². The lowest BCUT2D eigenvalue weighted by atomic mass is 9.71. The Morgan fingerprint density at radius 2 is 1.90 bits per heavy atom. The summed E-state index contributed by atoms with van der Waals surface area (Å²) in [5.74, 6) is -1.22. The van der Waals surface area contributed by atoms with E-state index in [1.54, 1.807) is 15.9 Å². The predicted octanol–water partition coefficient (Wildman–Crippen LogP) is 1.17. The molecule has 0 aliphatic carbocycles. The molecule has 8 heteroatoms. The highest BCUT2D eigenvalue weighted by Crippen LogP contribution is 2.40. The summed E-state index contributed by atoms with van der Waals surface area (Å²) in [6, 6.07) is 5.72. The number of rotatable bonds is 4. The highest BCUT2D eigenvalue weighted by atomic mass is 19.1. The zero-order valence-electron chi connectivity index (χ0n) is 16.7. The van der Waals surface area contributed by atoms with E-state index in [1.165, 1.54) is 25.1 Å². The standard InChI is InChI=1S/C21H28FN3O4/c1-15(26)25-13-16(27)12-21(14-25)7-10-24(11-8-21)19(28)6-9-23-20(29)17-4-2-3-5-18(17)22/h2-5,16,27H,6-14H2,1H3,(H,23,29). The molecule has 1 aromatic carbocycles. The number of aliphatic hydroxyl groups excluding tert-OH is 1. The molecule has 0 bridgehead atoms. The summed E-state index contributed by atoms with van der Waals surface area (Å²) in [4.78, 5) is 39.7. The van der Waals surface area contributed by atoms with E-state index in [-0.39, 0.29) is 35.8 Å². The molecule has 3 amide bonds. The van der Waals surface area contributed by atoms with Gasteiger partial charge >= 0.3 is 0 Å². The van der Waals surface area contributed by atoms with Crippen molar-refractivity contribution in [2.24, 2.45) is 5.41 Å². The van der Waals surface area contributed by atoms with Crippen LogP contribution in [-0.4, -0.2) is 71.5 Å². The van der Waals surface area contributed by atoms with E-state index in [9.17, 15) is 23.9 Å². The number of piperidine rings is 2. The molecule has 158 valence electrons. The summed E-state index contributed by atoms with van der Waals surface area (Å²) in [5.41, 5.74) is -0.176. The van der Waals surface area contributed by atoms with Gasteiger partial charge in [0.05, 0.1) is 11.7 Å². The van der Waals surface area contributed by atoms with Gasteiger partial charge in [0.15, 0.2) is 0 Å². The zero-order chi connectivity index (χ0) is 21.0. The average Bonchev–Trinajstić information content (AvgIpc) is 2.68. The molecule has 0 aromatic heterocycles. The van der Waals surface area contributed by atoms with E-state index in [1.807, 2.05) is 0 Å². The van der Waals surface area contributed by atoms with Gasteiger partial charge in [-0.05, 0) is 36.8 Å². The smallest absolute Gasteiger partial charge is 0.254 e. The number of aliphatic hydroxyl groups is 1. The number of nitrogens with zero attached hydrogens (tertiary/aromatic N) is 2. The van der Waals surface area contributed by atoms with Gasteiger partial charge in [-0.15, -0.1) is 0 Å². The lowest BCUT2D eigenvalue weighted by molar-refractivity contribution is -0.142. The van der Waals surface area contributed by atoms with Gasteiger partial charge in [0.2, 0.25) is 11.8 Å². The summed E-state index contributed by atoms with van der Waals surface area (Å²) < 4.78 is 13.6. The Morgan fingerprint density at radius 1 is 1.21 bits per heavy atom. The van der Waals surface area contributed by atoms with Crippen LogP contribution in [0.2, 0.25) is 0 Å². The summed E-state index contributed by atoms with van der Waals surface area (Å²) in [6.45, 7) is 3.79. The first kappa shape index (κ1) is 21.2. The van der Waals surface area contributed by atoms with E-state index in [4.69, 9.17) is 0 Å². The van der Waals surface area contributed by atoms with Gasteiger partial charge in [0.25, 0.3) is 5.91 Å². The molecule has 29 heavy (non-hydrogen) atoms. The van der Waals surface area contributed by atoms with Gasteiger partial charge in [-0.1, -0.05) is 12.1 Å². The second-order valence-corrected chi connectivity index (χ2v) is 8.12. The lowest BCUT2D eigenvalue weighted by Crippen LogP contribution is -2.55. The number of hydrogen-bond acceptors (Lipinski definition) is 4. The van der Waals surface area contributed by atoms with Crippen molar-refractivity contribution in [3.8, 4) is 0 Å². The van der Waals surface area contributed by atoms with Crippen LogP contribution in [0.5, 0.6) is 0 Å². The molecule has 2 heterocycles. The number of halogens is 1. The van der Waals surface area contributed by atoms with Crippen LogP contribution in [0.1, 0.15) is 43.0 Å². The molecule has 2 N–H and O–H groups in total. The van der Waals surface area contributed by atoms with Crippen molar-refractivity contribution in [3.05, 3.63) is 35.6 Å². The van der Waals surface area contributed by atoms with Gasteiger partial charge in [-0.2, -0.15) is 0 Å². The number of hydrogen-bond donors (Lipinski definition) is 2. The normalized spacial score (nSPS) is 21.1. The van der Waals surface area contributed by atoms with Crippen LogP contribution < -0.4 is 5.32 Å². The highest BCUT2D eigenvalue weighted by Gasteiger charge is 2.42. The first-order chi connectivity index (χ1) is 13.8. The number of amides is 3. The van der Waals surface area contributed by atoms with E-state index in [0.717, 1.165) is 12.8 Å². The Labute approximate surface area is 169 Å². The van der Waals surface area contributed by atoms with Crippen molar-refractivity contribution in [1.29, 1.82) is 0 Å². The van der Waals surface area contributed by atoms with Gasteiger partial charge in [-0.25, -0.2) is 4.39 Å². The van der Waals surface area contributed by atoms with Crippen molar-refractivity contribution in [1.82, 2.24) is 15.1 Å². The van der Waals surface area contributed by atoms with Crippen LogP contribution >= 0.6 is 0 Å². The lowest BCUT2D eigenvalue weighted by Gasteiger charge is -2.49. The van der Waals surface area contributed by atoms with Gasteiger partial charge in [0.1, 0.15) is 5.82 Å². The maximum Gasteiger partial charge on any atom is 0.254 e. The van der Waals surface area contributed by atoms with E-state index in [0.29, 0.717) is 32.6 Å². The molecule has 1 spiro atoms. The number of likely N-dealkylation sites (tertiary alicyclic amines) is 2. The topological polar surface area (TPSA) is 90.0 Å². The fourth-order valence-corrected chi connectivity index (χ4v) is 4.37. The summed E-state index contributed by atoms with van der Waals surface area (Å²) in [5, 5.41) is 12.7. The van der Waals surface area contributed by atoms with Crippen molar-refractivity contribution >= 4 is 17.7 Å². The van der Waals surface area contributed by atoms with Gasteiger partial charge in [0, 0.05) is 46.1 Å². The van der Waals surface area contributed by atoms with Gasteiger partial charge < -0.3 is 20.2 Å². The van der Waals surface area contributed by atoms with Crippen LogP contribution in [0.25, 0.3) is 0 Å². The van der Waals surface area contributed by atoms with E-state index in [2.05, 4.69) is 5.32 Å². The second-order valence-electron chi connectivity index (χ2n) is 8.12. The fraction of sp³-hybridized carbons (Fsp3) is 0.571. The maximum atomic E-state index is 13.6. The molecular weight excluding hydrogens is 377 g/mol. The summed E-state index contributed by atoms with van der Waals surface area (Å²) in [6.07, 6.45) is 1.75. The third-order valence-electron chi connectivity index (χ3n) is 5.99. The molecule has 2 fully saturated rings. The summed E-state index contributed by atoms with van der Waals surface area (Å²) in [7, 11) is 0. The minimum Gasteiger partial charge on any atom is -0.391 e. The molecule has 0 radical (unpaired) electrons. The zero-order valence-corrected chi connectivity index (χ0v) is 16.7. The molecule has 1 aromatic rings. The second kappa shape index (κ2) is 8.90. The molecule has 1 unspecified atom stereocenters. The molecule has 2 aliphatic rings. The summed E-state index contributed by atoms with van der Waals surface area (Å²) >= 11 is 0. The number of carbonyl (C=O) groups is 3. The van der Waals surface area contributed by atoms with Crippen LogP contribution in [0, 0.1) is 11.2 Å². The monoisotopic (exact) mass is 405 g/mol. The van der Waals surface area contributed by atoms with Crippen molar-refractivity contribution < 1.29 is 23.9 Å². The molecule has 2 aliphatic heterocycles. The SMILES string of the molecule is CC(=O)N1CC(O)CC2(CCN(C(=O)CCNC(=O)c3ccccc3F)CC2)C1. The van der Waals surface area contributed by atoms with Crippen LogP contribution in [0.4, 0.5) is 4.39 Å². The van der Waals surface area contributed by atoms with Crippen LogP contribution in [0.3, 0.4) is 0 Å². The van der Waals surface area contributed by atoms with Gasteiger partial charge in [-0.3, -0.25) is 14.4 Å². The number of β-amino-alcohol motifs (C(OH)–C–C–N with tert-alkyl or cyclic N) is 1. The third kappa shape index (κ3) is 5.12. The Balaban J connectivity index is 1.46. The fourth-order valence-electron chi connectivity index (χ4n) is 4.37. The number of nitrogens with one attached hydrogen (secondary N) is 1. The number of benzene rings is 1. The molecule has 7 nitrogen and oxygen atoms in total. The molecule has 0 saturated carbocycles. The minimum atomic E-state index is -0.591. The Bertz CT molecular complexity index is 777. The molecule has 1 atom stereocenters. The Morgan fingerprint density at radius 3 is 2.55 bits per heavy atom. The largest absolute Gasteiger partial charge is 0.391 e. The molecule has 3 rings (SSSR count). The first-order valence-electron chi connectivity index (χ1n) is 10.0. The first-order valence-corrected chi connectivity index (χ1v) is 10.0. The number of carbonyl (C=O) groups excluding carboxylic acids is 3. The highest BCUT2D eigenvalue weighted by molar-refractivity contribution is 5.94. The predicted molar refractivity (Wildman–Crippen MR) is 104 cm³/mol. The average molecular weight is 405 g/mol. The third-order valence-corrected chi connectivity index (χ3v) is 5.99.